The van der Waals surface area contributed by atoms with Crippen LogP contribution in [0.3, 0.4) is 0 Å². The molecule has 1 saturated heterocycles. The average Bonchev–Trinajstić information content (AvgIpc) is 3.01. The normalized spacial score (nSPS) is 21.2. The molecule has 0 aliphatic carbocycles. The molecule has 2 atom stereocenters. The molecule has 6 nitrogen and oxygen atoms in total. The number of nitrogens with two attached hydrogens (primary N) is 1. The highest BCUT2D eigenvalue weighted by molar-refractivity contribution is 5.28. The molecule has 0 aromatic carbocycles. The van der Waals surface area contributed by atoms with E-state index in [0.29, 0.717) is 6.10 Å². The summed E-state index contributed by atoms with van der Waals surface area (Å²) >= 11 is 0. The van der Waals surface area contributed by atoms with Gasteiger partial charge in [-0.15, -0.1) is 0 Å². The minimum Gasteiger partial charge on any atom is -0.493 e. The van der Waals surface area contributed by atoms with Gasteiger partial charge in [-0.25, -0.2) is 0 Å². The molecule has 1 fully saturated rings. The first kappa shape index (κ1) is 13.3. The highest BCUT2D eigenvalue weighted by atomic mass is 16.5. The summed E-state index contributed by atoms with van der Waals surface area (Å²) in [5.41, 5.74) is 3.83. The Bertz CT molecular complexity index is 374. The van der Waals surface area contributed by atoms with Crippen LogP contribution in [0, 0.1) is 0 Å². The highest BCUT2D eigenvalue weighted by Gasteiger charge is 2.22. The van der Waals surface area contributed by atoms with Gasteiger partial charge in [-0.05, 0) is 25.7 Å². The topological polar surface area (TPSA) is 74.3 Å². The van der Waals surface area contributed by atoms with Crippen molar-refractivity contribution in [2.24, 2.45) is 12.9 Å². The van der Waals surface area contributed by atoms with Gasteiger partial charge in [-0.1, -0.05) is 0 Å². The van der Waals surface area contributed by atoms with Crippen LogP contribution >= 0.6 is 0 Å². The van der Waals surface area contributed by atoms with Gasteiger partial charge in [0.15, 0.2) is 5.75 Å². The minimum atomic E-state index is 0.0386. The maximum atomic E-state index is 5.65. The molecule has 1 aromatic rings. The lowest BCUT2D eigenvalue weighted by molar-refractivity contribution is 0.0992. The third-order valence-electron chi connectivity index (χ3n) is 3.50. The maximum absolute atomic E-state index is 5.65. The summed E-state index contributed by atoms with van der Waals surface area (Å²) in [6.07, 6.45) is 6.33. The molecular weight excluding hydrogens is 232 g/mol. The molecule has 0 saturated carbocycles. The van der Waals surface area contributed by atoms with E-state index in [1.807, 2.05) is 7.05 Å². The lowest BCUT2D eigenvalue weighted by Gasteiger charge is -2.19. The van der Waals surface area contributed by atoms with Gasteiger partial charge in [0.05, 0.1) is 31.1 Å². The largest absolute Gasteiger partial charge is 0.493 e. The number of hydrogen-bond donors (Lipinski definition) is 2. The predicted molar refractivity (Wildman–Crippen MR) is 68.0 cm³/mol. The van der Waals surface area contributed by atoms with Crippen molar-refractivity contribution in [2.45, 2.75) is 37.8 Å². The molecule has 1 aromatic heterocycles. The summed E-state index contributed by atoms with van der Waals surface area (Å²) in [6.45, 7) is 0.889. The molecule has 18 heavy (non-hydrogen) atoms. The minimum absolute atomic E-state index is 0.0386. The van der Waals surface area contributed by atoms with E-state index in [9.17, 15) is 0 Å². The Labute approximate surface area is 107 Å². The highest BCUT2D eigenvalue weighted by Crippen LogP contribution is 2.28. The Hall–Kier alpha value is -1.11. The first-order valence-electron chi connectivity index (χ1n) is 6.40. The van der Waals surface area contributed by atoms with Crippen molar-refractivity contribution in [3.8, 4) is 5.75 Å². The zero-order valence-corrected chi connectivity index (χ0v) is 11.1. The number of ether oxygens (including phenoxy) is 2. The van der Waals surface area contributed by atoms with Crippen LogP contribution in [-0.4, -0.2) is 29.6 Å². The van der Waals surface area contributed by atoms with Gasteiger partial charge in [0, 0.05) is 13.7 Å². The molecule has 2 unspecified atom stereocenters. The smallest absolute Gasteiger partial charge is 0.161 e. The van der Waals surface area contributed by atoms with Gasteiger partial charge in [-0.2, -0.15) is 5.10 Å². The fourth-order valence-corrected chi connectivity index (χ4v) is 2.50. The number of methoxy groups -OCH3 is 1. The Morgan fingerprint density at radius 3 is 3.17 bits per heavy atom. The fraction of sp³-hybridized carbons (Fsp3) is 0.750. The zero-order chi connectivity index (χ0) is 13.0. The van der Waals surface area contributed by atoms with Crippen molar-refractivity contribution in [1.29, 1.82) is 0 Å². The number of hydrogen-bond acceptors (Lipinski definition) is 5. The van der Waals surface area contributed by atoms with Crippen molar-refractivity contribution in [3.05, 3.63) is 11.9 Å². The number of aromatic nitrogens is 2. The van der Waals surface area contributed by atoms with E-state index in [0.717, 1.165) is 37.3 Å². The van der Waals surface area contributed by atoms with Crippen LogP contribution < -0.4 is 16.0 Å². The van der Waals surface area contributed by atoms with E-state index in [-0.39, 0.29) is 6.04 Å². The van der Waals surface area contributed by atoms with Crippen molar-refractivity contribution in [2.75, 3.05) is 13.7 Å². The van der Waals surface area contributed by atoms with E-state index in [1.165, 1.54) is 6.42 Å². The first-order valence-corrected chi connectivity index (χ1v) is 6.40. The predicted octanol–water partition coefficient (Wildman–Crippen LogP) is 0.892. The van der Waals surface area contributed by atoms with Gasteiger partial charge in [0.2, 0.25) is 0 Å². The van der Waals surface area contributed by atoms with Gasteiger partial charge in [0.25, 0.3) is 0 Å². The van der Waals surface area contributed by atoms with Crippen LogP contribution in [0.2, 0.25) is 0 Å². The van der Waals surface area contributed by atoms with Crippen molar-refractivity contribution in [1.82, 2.24) is 15.2 Å². The molecule has 1 aliphatic heterocycles. The summed E-state index contributed by atoms with van der Waals surface area (Å²) in [4.78, 5) is 0. The fourth-order valence-electron chi connectivity index (χ4n) is 2.50. The van der Waals surface area contributed by atoms with Crippen LogP contribution in [0.1, 0.15) is 37.4 Å². The van der Waals surface area contributed by atoms with Gasteiger partial charge in [-0.3, -0.25) is 16.0 Å². The Balaban J connectivity index is 2.00. The number of rotatable bonds is 6. The average molecular weight is 254 g/mol. The quantitative estimate of drug-likeness (QED) is 0.582. The van der Waals surface area contributed by atoms with Crippen molar-refractivity contribution in [3.63, 3.8) is 0 Å². The van der Waals surface area contributed by atoms with Gasteiger partial charge in [0.1, 0.15) is 0 Å². The summed E-state index contributed by atoms with van der Waals surface area (Å²) in [5.74, 6) is 6.42. The Morgan fingerprint density at radius 1 is 1.72 bits per heavy atom. The lowest BCUT2D eigenvalue weighted by atomic mass is 10.0. The van der Waals surface area contributed by atoms with Crippen molar-refractivity contribution < 1.29 is 9.47 Å². The lowest BCUT2D eigenvalue weighted by Crippen LogP contribution is -2.30. The number of hydrazine groups is 1. The van der Waals surface area contributed by atoms with Gasteiger partial charge >= 0.3 is 0 Å². The third kappa shape index (κ3) is 2.82. The Kier molecular flexibility index (Phi) is 4.57. The van der Waals surface area contributed by atoms with E-state index in [2.05, 4.69) is 10.5 Å². The standard InChI is InChI=1S/C12H22N4O2/c1-16-12(11(17-2)8-14-16)10(15-13)6-5-9-4-3-7-18-9/h8-10,15H,3-7,13H2,1-2H3. The van der Waals surface area contributed by atoms with E-state index in [1.54, 1.807) is 18.0 Å². The van der Waals surface area contributed by atoms with Crippen LogP contribution in [-0.2, 0) is 11.8 Å². The second-order valence-electron chi connectivity index (χ2n) is 4.65. The summed E-state index contributed by atoms with van der Waals surface area (Å²) in [6, 6.07) is 0.0386. The van der Waals surface area contributed by atoms with Crippen molar-refractivity contribution >= 4 is 0 Å². The summed E-state index contributed by atoms with van der Waals surface area (Å²) in [7, 11) is 3.54. The number of nitrogens with zero attached hydrogens (tertiary/aromatic N) is 2. The number of nitrogens with one attached hydrogen (secondary N) is 1. The monoisotopic (exact) mass is 254 g/mol. The first-order chi connectivity index (χ1) is 8.76. The molecule has 0 bridgehead atoms. The molecule has 2 heterocycles. The second kappa shape index (κ2) is 6.17. The summed E-state index contributed by atoms with van der Waals surface area (Å²) in [5, 5.41) is 4.20. The number of aryl methyl sites for hydroxylation is 1. The SMILES string of the molecule is COc1cnn(C)c1C(CCC1CCCO1)NN. The van der Waals surface area contributed by atoms with Gasteiger partial charge < -0.3 is 9.47 Å². The maximum Gasteiger partial charge on any atom is 0.161 e. The molecule has 0 radical (unpaired) electrons. The molecule has 0 amide bonds. The van der Waals surface area contributed by atoms with Crippen LogP contribution in [0.5, 0.6) is 5.75 Å². The second-order valence-corrected chi connectivity index (χ2v) is 4.65. The molecule has 6 heteroatoms. The molecule has 3 N–H and O–H groups in total. The molecule has 1 aliphatic rings. The van der Waals surface area contributed by atoms with Crippen LogP contribution in [0.4, 0.5) is 0 Å². The Morgan fingerprint density at radius 2 is 2.56 bits per heavy atom. The van der Waals surface area contributed by atoms with Crippen LogP contribution in [0.25, 0.3) is 0 Å². The zero-order valence-electron chi connectivity index (χ0n) is 11.1. The summed E-state index contributed by atoms with van der Waals surface area (Å²) < 4.78 is 12.7. The third-order valence-corrected chi connectivity index (χ3v) is 3.50. The van der Waals surface area contributed by atoms with E-state index in [4.69, 9.17) is 15.3 Å². The molecule has 0 spiro atoms. The van der Waals surface area contributed by atoms with E-state index < -0.39 is 0 Å². The molecule has 2 rings (SSSR count). The molecular formula is C12H22N4O2. The van der Waals surface area contributed by atoms with Crippen LogP contribution in [0.15, 0.2) is 6.20 Å². The molecule has 102 valence electrons. The van der Waals surface area contributed by atoms with E-state index >= 15 is 0 Å².